The molecule has 0 unspecified atom stereocenters. The fraction of sp³-hybridized carbons (Fsp3) is 0. The maximum Gasteiger partial charge on any atom is 0.165 e. The summed E-state index contributed by atoms with van der Waals surface area (Å²) >= 11 is 0. The Kier molecular flexibility index (Phi) is 2.86. The first-order valence-corrected chi connectivity index (χ1v) is 4.70. The van der Waals surface area contributed by atoms with Crippen LogP contribution in [0.2, 0.25) is 0 Å². The molecular weight excluding hydrogens is 210 g/mol. The van der Waals surface area contributed by atoms with Crippen molar-refractivity contribution < 1.29 is 13.5 Å². The monoisotopic (exact) mass is 219 g/mol. The van der Waals surface area contributed by atoms with Crippen molar-refractivity contribution in [3.05, 3.63) is 66.6 Å². The summed E-state index contributed by atoms with van der Waals surface area (Å²) in [7, 11) is 0. The van der Waals surface area contributed by atoms with Gasteiger partial charge in [0.05, 0.1) is 0 Å². The van der Waals surface area contributed by atoms with Crippen LogP contribution < -0.4 is 4.74 Å². The second-order valence-electron chi connectivity index (χ2n) is 3.33. The zero-order valence-electron chi connectivity index (χ0n) is 8.41. The summed E-state index contributed by atoms with van der Waals surface area (Å²) in [5.41, 5.74) is 0.478. The SMILES string of the molecule is [CH2]c1cc(F)cc(Oc2ccccc2F)c1. The summed E-state index contributed by atoms with van der Waals surface area (Å²) in [5, 5.41) is 0. The molecule has 0 bridgehead atoms. The lowest BCUT2D eigenvalue weighted by atomic mass is 10.2. The van der Waals surface area contributed by atoms with Crippen molar-refractivity contribution in [2.24, 2.45) is 0 Å². The van der Waals surface area contributed by atoms with Crippen molar-refractivity contribution in [3.8, 4) is 11.5 Å². The van der Waals surface area contributed by atoms with Gasteiger partial charge in [0.15, 0.2) is 11.6 Å². The highest BCUT2D eigenvalue weighted by atomic mass is 19.1. The van der Waals surface area contributed by atoms with Gasteiger partial charge in [-0.3, -0.25) is 0 Å². The molecule has 2 rings (SSSR count). The molecule has 0 atom stereocenters. The topological polar surface area (TPSA) is 9.23 Å². The molecule has 3 heteroatoms. The van der Waals surface area contributed by atoms with E-state index in [0.29, 0.717) is 5.56 Å². The summed E-state index contributed by atoms with van der Waals surface area (Å²) in [5.74, 6) is -0.654. The van der Waals surface area contributed by atoms with Crippen molar-refractivity contribution in [1.82, 2.24) is 0 Å². The van der Waals surface area contributed by atoms with Crippen LogP contribution in [0.15, 0.2) is 42.5 Å². The van der Waals surface area contributed by atoms with Gasteiger partial charge in [-0.1, -0.05) is 12.1 Å². The highest BCUT2D eigenvalue weighted by Gasteiger charge is 2.04. The molecule has 0 aliphatic carbocycles. The predicted octanol–water partition coefficient (Wildman–Crippen LogP) is 3.94. The minimum atomic E-state index is -0.489. The number of para-hydroxylation sites is 1. The Hall–Kier alpha value is -1.90. The van der Waals surface area contributed by atoms with E-state index in [1.54, 1.807) is 12.1 Å². The van der Waals surface area contributed by atoms with Crippen LogP contribution in [0, 0.1) is 18.6 Å². The minimum absolute atomic E-state index is 0.0625. The van der Waals surface area contributed by atoms with Gasteiger partial charge < -0.3 is 4.74 Å². The molecule has 0 saturated heterocycles. The van der Waals surface area contributed by atoms with Gasteiger partial charge in [0, 0.05) is 6.07 Å². The molecule has 0 heterocycles. The third-order valence-corrected chi connectivity index (χ3v) is 2.00. The molecule has 0 aromatic heterocycles. The summed E-state index contributed by atoms with van der Waals surface area (Å²) in [6.45, 7) is 3.59. The van der Waals surface area contributed by atoms with Crippen molar-refractivity contribution in [3.63, 3.8) is 0 Å². The Morgan fingerprint density at radius 1 is 1.00 bits per heavy atom. The third-order valence-electron chi connectivity index (χ3n) is 2.00. The molecule has 1 radical (unpaired) electrons. The van der Waals surface area contributed by atoms with E-state index >= 15 is 0 Å². The van der Waals surface area contributed by atoms with Gasteiger partial charge in [0.2, 0.25) is 0 Å². The van der Waals surface area contributed by atoms with Crippen molar-refractivity contribution >= 4 is 0 Å². The van der Waals surface area contributed by atoms with Crippen LogP contribution in [-0.4, -0.2) is 0 Å². The zero-order chi connectivity index (χ0) is 11.5. The largest absolute Gasteiger partial charge is 0.454 e. The second-order valence-corrected chi connectivity index (χ2v) is 3.33. The van der Waals surface area contributed by atoms with Gasteiger partial charge in [-0.15, -0.1) is 0 Å². The molecule has 1 nitrogen and oxygen atoms in total. The number of rotatable bonds is 2. The van der Waals surface area contributed by atoms with E-state index in [-0.39, 0.29) is 11.5 Å². The van der Waals surface area contributed by atoms with Crippen molar-refractivity contribution in [1.29, 1.82) is 0 Å². The molecule has 0 aliphatic rings. The zero-order valence-corrected chi connectivity index (χ0v) is 8.41. The van der Waals surface area contributed by atoms with Crippen LogP contribution in [0.1, 0.15) is 5.56 Å². The van der Waals surface area contributed by atoms with Gasteiger partial charge in [-0.2, -0.15) is 0 Å². The second kappa shape index (κ2) is 4.31. The first-order chi connectivity index (χ1) is 7.65. The van der Waals surface area contributed by atoms with Crippen LogP contribution >= 0.6 is 0 Å². The lowest BCUT2D eigenvalue weighted by Gasteiger charge is -2.07. The molecular formula is C13H9F2O. The van der Waals surface area contributed by atoms with Gasteiger partial charge in [-0.05, 0) is 36.8 Å². The Balaban J connectivity index is 2.30. The van der Waals surface area contributed by atoms with E-state index in [1.165, 1.54) is 30.3 Å². The van der Waals surface area contributed by atoms with E-state index in [0.717, 1.165) is 0 Å². The van der Waals surface area contributed by atoms with Crippen LogP contribution in [0.25, 0.3) is 0 Å². The van der Waals surface area contributed by atoms with E-state index in [1.807, 2.05) is 0 Å². The van der Waals surface area contributed by atoms with E-state index in [2.05, 4.69) is 6.92 Å². The summed E-state index contributed by atoms with van der Waals surface area (Å²) in [6, 6.07) is 9.94. The molecule has 0 fully saturated rings. The van der Waals surface area contributed by atoms with Gasteiger partial charge >= 0.3 is 0 Å². The third kappa shape index (κ3) is 2.37. The van der Waals surface area contributed by atoms with Crippen molar-refractivity contribution in [2.75, 3.05) is 0 Å². The average molecular weight is 219 g/mol. The van der Waals surface area contributed by atoms with Crippen LogP contribution in [0.4, 0.5) is 8.78 Å². The van der Waals surface area contributed by atoms with Gasteiger partial charge in [0.1, 0.15) is 11.6 Å². The minimum Gasteiger partial charge on any atom is -0.454 e. The van der Waals surface area contributed by atoms with Crippen LogP contribution in [0.3, 0.4) is 0 Å². The summed E-state index contributed by atoms with van der Waals surface area (Å²) in [6.07, 6.45) is 0. The maximum absolute atomic E-state index is 13.2. The van der Waals surface area contributed by atoms with Crippen LogP contribution in [0.5, 0.6) is 11.5 Å². The fourth-order valence-electron chi connectivity index (χ4n) is 1.33. The highest BCUT2D eigenvalue weighted by molar-refractivity contribution is 5.36. The summed E-state index contributed by atoms with van der Waals surface area (Å²) < 4.78 is 31.5. The quantitative estimate of drug-likeness (QED) is 0.743. The molecule has 0 amide bonds. The average Bonchev–Trinajstić information content (AvgIpc) is 2.20. The maximum atomic E-state index is 13.2. The lowest BCUT2D eigenvalue weighted by Crippen LogP contribution is -1.89. The number of benzene rings is 2. The lowest BCUT2D eigenvalue weighted by molar-refractivity contribution is 0.438. The van der Waals surface area contributed by atoms with E-state index in [4.69, 9.17) is 4.74 Å². The standard InChI is InChI=1S/C13H9F2O/c1-9-6-10(14)8-11(7-9)16-13-5-3-2-4-12(13)15/h2-8H,1H2. The summed E-state index contributed by atoms with van der Waals surface area (Å²) in [4.78, 5) is 0. The van der Waals surface area contributed by atoms with Crippen LogP contribution in [-0.2, 0) is 0 Å². The molecule has 0 saturated carbocycles. The Morgan fingerprint density at radius 3 is 2.44 bits per heavy atom. The first-order valence-electron chi connectivity index (χ1n) is 4.70. The number of ether oxygens (including phenoxy) is 1. The van der Waals surface area contributed by atoms with E-state index < -0.39 is 11.6 Å². The van der Waals surface area contributed by atoms with Crippen molar-refractivity contribution in [2.45, 2.75) is 0 Å². The molecule has 0 aliphatic heterocycles. The molecule has 2 aromatic rings. The van der Waals surface area contributed by atoms with E-state index in [9.17, 15) is 8.78 Å². The smallest absolute Gasteiger partial charge is 0.165 e. The van der Waals surface area contributed by atoms with Gasteiger partial charge in [-0.25, -0.2) is 8.78 Å². The normalized spacial score (nSPS) is 10.2. The highest BCUT2D eigenvalue weighted by Crippen LogP contribution is 2.25. The first kappa shape index (κ1) is 10.6. The number of hydrogen-bond donors (Lipinski definition) is 0. The number of halogens is 2. The Labute approximate surface area is 92.3 Å². The Morgan fingerprint density at radius 2 is 1.75 bits per heavy atom. The molecule has 0 N–H and O–H groups in total. The molecule has 2 aromatic carbocycles. The molecule has 81 valence electrons. The number of hydrogen-bond acceptors (Lipinski definition) is 1. The fourth-order valence-corrected chi connectivity index (χ4v) is 1.33. The molecule has 0 spiro atoms. The molecule has 16 heavy (non-hydrogen) atoms. The predicted molar refractivity (Wildman–Crippen MR) is 57.3 cm³/mol. The van der Waals surface area contributed by atoms with Gasteiger partial charge in [0.25, 0.3) is 0 Å². The Bertz CT molecular complexity index is 489.